The van der Waals surface area contributed by atoms with Gasteiger partial charge in [0.15, 0.2) is 6.54 Å². The number of carbonyl (C=O) groups is 1. The fourth-order valence-corrected chi connectivity index (χ4v) is 3.66. The Morgan fingerprint density at radius 1 is 0.975 bits per heavy atom. The summed E-state index contributed by atoms with van der Waals surface area (Å²) in [5.41, 5.74) is 3.29. The second-order valence-corrected chi connectivity index (χ2v) is 8.71. The van der Waals surface area contributed by atoms with E-state index in [-0.39, 0.29) is 24.9 Å². The number of hydrogen-bond donors (Lipinski definition) is 0. The maximum absolute atomic E-state index is 12.3. The van der Waals surface area contributed by atoms with Gasteiger partial charge in [0.2, 0.25) is 5.89 Å². The Morgan fingerprint density at radius 2 is 1.70 bits per heavy atom. The van der Waals surface area contributed by atoms with Gasteiger partial charge in [-0.15, -0.1) is 13.2 Å². The smallest absolute Gasteiger partial charge is 0.487 e. The lowest BCUT2D eigenvalue weighted by atomic mass is 10.1. The summed E-state index contributed by atoms with van der Waals surface area (Å²) in [6, 6.07) is 13.3. The van der Waals surface area contributed by atoms with E-state index in [1.807, 2.05) is 24.3 Å². The molecule has 0 saturated carbocycles. The monoisotopic (exact) mass is 556 g/mol. The number of oxazole rings is 1. The Kier molecular flexibility index (Phi) is 9.55. The molecule has 0 aliphatic heterocycles. The molecule has 4 aromatic rings. The van der Waals surface area contributed by atoms with Gasteiger partial charge in [-0.05, 0) is 67.2 Å². The van der Waals surface area contributed by atoms with Gasteiger partial charge < -0.3 is 18.6 Å². The van der Waals surface area contributed by atoms with Crippen LogP contribution in [0, 0.1) is 0 Å². The van der Waals surface area contributed by atoms with Crippen LogP contribution >= 0.6 is 0 Å². The van der Waals surface area contributed by atoms with Gasteiger partial charge in [-0.2, -0.15) is 15.0 Å². The van der Waals surface area contributed by atoms with Crippen molar-refractivity contribution in [2.24, 2.45) is 0 Å². The summed E-state index contributed by atoms with van der Waals surface area (Å²) in [5.74, 6) is 0.369. The summed E-state index contributed by atoms with van der Waals surface area (Å²) >= 11 is 0. The average Bonchev–Trinajstić information content (AvgIpc) is 3.58. The van der Waals surface area contributed by atoms with Crippen LogP contribution in [0.3, 0.4) is 0 Å². The molecule has 0 aliphatic carbocycles. The standard InChI is InChI=1S/C28H27F3N4O5/c1-37-27(36)17-35-32-16-22(34-35)5-3-2-4-20-6-11-24(12-7-20)38-18-23-19-39-26(33-23)15-10-21-8-13-25(14-9-21)40-28(29,30)31/h6-16,19H,2-5,17-18H2,1H3/b15-10+. The number of unbranched alkanes of at least 4 members (excludes halogenated alkanes) is 1. The Bertz CT molecular complexity index is 1400. The first kappa shape index (κ1) is 28.4. The third-order valence-corrected chi connectivity index (χ3v) is 5.64. The number of esters is 1. The highest BCUT2D eigenvalue weighted by molar-refractivity contribution is 5.68. The minimum absolute atomic E-state index is 0.00447. The van der Waals surface area contributed by atoms with Crippen LogP contribution in [0.4, 0.5) is 13.2 Å². The zero-order chi connectivity index (χ0) is 28.4. The van der Waals surface area contributed by atoms with Gasteiger partial charge in [-0.1, -0.05) is 24.3 Å². The van der Waals surface area contributed by atoms with Crippen molar-refractivity contribution < 1.29 is 36.6 Å². The van der Waals surface area contributed by atoms with E-state index >= 15 is 0 Å². The summed E-state index contributed by atoms with van der Waals surface area (Å²) in [5, 5.41) is 8.34. The number of nitrogens with zero attached hydrogens (tertiary/aromatic N) is 4. The first-order chi connectivity index (χ1) is 19.3. The normalized spacial score (nSPS) is 11.6. The minimum Gasteiger partial charge on any atom is -0.487 e. The first-order valence-electron chi connectivity index (χ1n) is 12.4. The molecule has 2 aromatic carbocycles. The van der Waals surface area contributed by atoms with Crippen molar-refractivity contribution in [2.45, 2.75) is 45.2 Å². The average molecular weight is 557 g/mol. The number of aryl methyl sites for hydroxylation is 2. The molecule has 2 aromatic heterocycles. The molecular formula is C28H27F3N4O5. The van der Waals surface area contributed by atoms with Crippen molar-refractivity contribution >= 4 is 18.1 Å². The molecule has 0 amide bonds. The molecule has 0 spiro atoms. The number of rotatable bonds is 13. The molecule has 40 heavy (non-hydrogen) atoms. The molecule has 210 valence electrons. The minimum atomic E-state index is -4.73. The highest BCUT2D eigenvalue weighted by Gasteiger charge is 2.30. The van der Waals surface area contributed by atoms with Crippen LogP contribution in [-0.4, -0.2) is 39.4 Å². The number of ether oxygens (including phenoxy) is 3. The molecule has 0 bridgehead atoms. The maximum Gasteiger partial charge on any atom is 0.573 e. The largest absolute Gasteiger partial charge is 0.573 e. The predicted molar refractivity (Wildman–Crippen MR) is 138 cm³/mol. The Hall–Kier alpha value is -4.61. The van der Waals surface area contributed by atoms with Crippen molar-refractivity contribution in [1.82, 2.24) is 20.0 Å². The van der Waals surface area contributed by atoms with E-state index in [1.165, 1.54) is 48.0 Å². The molecule has 9 nitrogen and oxygen atoms in total. The van der Waals surface area contributed by atoms with Crippen LogP contribution in [0.1, 0.15) is 41.2 Å². The third-order valence-electron chi connectivity index (χ3n) is 5.64. The van der Waals surface area contributed by atoms with E-state index in [2.05, 4.69) is 24.7 Å². The van der Waals surface area contributed by atoms with Gasteiger partial charge in [0.25, 0.3) is 0 Å². The van der Waals surface area contributed by atoms with E-state index in [9.17, 15) is 18.0 Å². The number of hydrogen-bond acceptors (Lipinski definition) is 8. The van der Waals surface area contributed by atoms with Crippen LogP contribution < -0.4 is 9.47 Å². The highest BCUT2D eigenvalue weighted by atomic mass is 19.4. The first-order valence-corrected chi connectivity index (χ1v) is 12.4. The molecule has 0 atom stereocenters. The second kappa shape index (κ2) is 13.5. The molecule has 0 aliphatic rings. The van der Waals surface area contributed by atoms with Crippen LogP contribution in [0.15, 0.2) is 65.4 Å². The third kappa shape index (κ3) is 9.29. The number of carbonyl (C=O) groups excluding carboxylic acids is 1. The van der Waals surface area contributed by atoms with Gasteiger partial charge in [-0.3, -0.25) is 0 Å². The molecular weight excluding hydrogens is 529 g/mol. The van der Waals surface area contributed by atoms with Crippen molar-refractivity contribution in [3.8, 4) is 11.5 Å². The van der Waals surface area contributed by atoms with Crippen molar-refractivity contribution in [2.75, 3.05) is 7.11 Å². The molecule has 12 heteroatoms. The molecule has 0 unspecified atom stereocenters. The van der Waals surface area contributed by atoms with E-state index in [0.29, 0.717) is 22.9 Å². The fourth-order valence-electron chi connectivity index (χ4n) is 3.66. The van der Waals surface area contributed by atoms with Crippen molar-refractivity contribution in [3.05, 3.63) is 89.4 Å². The Labute approximate surface area is 228 Å². The fraction of sp³-hybridized carbons (Fsp3) is 0.286. The lowest BCUT2D eigenvalue weighted by molar-refractivity contribution is -0.274. The van der Waals surface area contributed by atoms with Crippen LogP contribution in [0.25, 0.3) is 12.2 Å². The van der Waals surface area contributed by atoms with E-state index < -0.39 is 6.36 Å². The lowest BCUT2D eigenvalue weighted by Crippen LogP contribution is -2.16. The molecule has 0 fully saturated rings. The molecule has 0 saturated heterocycles. The molecule has 2 heterocycles. The summed E-state index contributed by atoms with van der Waals surface area (Å²) in [7, 11) is 1.33. The van der Waals surface area contributed by atoms with Crippen LogP contribution in [0.2, 0.25) is 0 Å². The number of alkyl halides is 3. The molecule has 0 radical (unpaired) electrons. The predicted octanol–water partition coefficient (Wildman–Crippen LogP) is 5.65. The zero-order valence-electron chi connectivity index (χ0n) is 21.6. The van der Waals surface area contributed by atoms with E-state index in [0.717, 1.165) is 31.4 Å². The van der Waals surface area contributed by atoms with Crippen LogP contribution in [-0.2, 0) is 35.5 Å². The number of benzene rings is 2. The van der Waals surface area contributed by atoms with Crippen LogP contribution in [0.5, 0.6) is 11.5 Å². The summed E-state index contributed by atoms with van der Waals surface area (Å²) in [6.45, 7) is 0.224. The van der Waals surface area contributed by atoms with Gasteiger partial charge in [0.05, 0.1) is 19.0 Å². The quantitative estimate of drug-likeness (QED) is 0.154. The molecule has 0 N–H and O–H groups in total. The number of halogens is 3. The Balaban J connectivity index is 1.16. The SMILES string of the molecule is COC(=O)Cn1ncc(CCCCc2ccc(OCc3coc(/C=C/c4ccc(OC(F)(F)F)cc4)n3)cc2)n1. The van der Waals surface area contributed by atoms with E-state index in [1.54, 1.807) is 18.3 Å². The van der Waals surface area contributed by atoms with Gasteiger partial charge in [0.1, 0.15) is 30.1 Å². The summed E-state index contributed by atoms with van der Waals surface area (Å²) in [6.07, 6.45) is 5.32. The summed E-state index contributed by atoms with van der Waals surface area (Å²) in [4.78, 5) is 16.9. The maximum atomic E-state index is 12.3. The van der Waals surface area contributed by atoms with E-state index in [4.69, 9.17) is 9.15 Å². The second-order valence-electron chi connectivity index (χ2n) is 8.71. The highest BCUT2D eigenvalue weighted by Crippen LogP contribution is 2.23. The summed E-state index contributed by atoms with van der Waals surface area (Å²) < 4.78 is 56.5. The van der Waals surface area contributed by atoms with Gasteiger partial charge >= 0.3 is 12.3 Å². The number of methoxy groups -OCH3 is 1. The Morgan fingerprint density at radius 3 is 2.42 bits per heavy atom. The van der Waals surface area contributed by atoms with Gasteiger partial charge in [0, 0.05) is 6.08 Å². The topological polar surface area (TPSA) is 102 Å². The number of aromatic nitrogens is 4. The van der Waals surface area contributed by atoms with Crippen molar-refractivity contribution in [1.29, 1.82) is 0 Å². The van der Waals surface area contributed by atoms with Gasteiger partial charge in [-0.25, -0.2) is 9.78 Å². The lowest BCUT2D eigenvalue weighted by Gasteiger charge is -2.08. The zero-order valence-corrected chi connectivity index (χ0v) is 21.6. The van der Waals surface area contributed by atoms with Crippen molar-refractivity contribution in [3.63, 3.8) is 0 Å². The molecule has 4 rings (SSSR count).